The maximum atomic E-state index is 9.61. The molecule has 0 N–H and O–H groups in total. The van der Waals surface area contributed by atoms with Gasteiger partial charge in [0.1, 0.15) is 0 Å². The van der Waals surface area contributed by atoms with Gasteiger partial charge in [-0.05, 0) is 162 Å². The van der Waals surface area contributed by atoms with Crippen LogP contribution in [0.4, 0.5) is 34.1 Å². The van der Waals surface area contributed by atoms with E-state index in [1.165, 1.54) is 77.2 Å². The van der Waals surface area contributed by atoms with Crippen LogP contribution >= 0.6 is 0 Å². The molecule has 11 aromatic rings. The van der Waals surface area contributed by atoms with Gasteiger partial charge in [0.2, 0.25) is 0 Å². The maximum Gasteiger partial charge on any atom is 0.0991 e. The zero-order chi connectivity index (χ0) is 53.1. The Hall–Kier alpha value is -10.0. The van der Waals surface area contributed by atoms with Gasteiger partial charge in [-0.25, -0.2) is 0 Å². The van der Waals surface area contributed by atoms with Gasteiger partial charge in [-0.2, -0.15) is 10.5 Å². The Balaban J connectivity index is 0.730. The van der Waals surface area contributed by atoms with Crippen molar-refractivity contribution in [2.24, 2.45) is 0 Å². The standard InChI is InChI=1S/C74H54N4/c1-73(2)67-43-51(31-39-63(67)65-41-37-59(45-69(65)73)77(57-33-27-53(47-75)28-34-57)71-17-9-13-55-11-5-7-15-61(55)71)25-23-49-19-21-50(22-20-49)24-26-52-32-40-64-66-42-38-60(46-70(66)74(3,4)68(64)44-52)78(58-35-29-54(48-76)30-36-58)72-18-10-14-56-12-6-8-16-62(56)72/h5-46H,1-4H3/b25-23+,26-24+. The van der Waals surface area contributed by atoms with Gasteiger partial charge < -0.3 is 9.80 Å². The number of hydrogen-bond acceptors (Lipinski definition) is 4. The fraction of sp³-hybridized carbons (Fsp3) is 0.0811. The minimum atomic E-state index is -0.232. The van der Waals surface area contributed by atoms with Gasteiger partial charge in [0, 0.05) is 44.4 Å². The molecule has 11 aromatic carbocycles. The number of fused-ring (bicyclic) bond motifs is 8. The summed E-state index contributed by atoms with van der Waals surface area (Å²) in [6, 6.07) is 86.6. The third-order valence-corrected chi connectivity index (χ3v) is 16.3. The quantitative estimate of drug-likeness (QED) is 0.128. The van der Waals surface area contributed by atoms with Gasteiger partial charge in [0.15, 0.2) is 0 Å². The van der Waals surface area contributed by atoms with E-state index in [1.54, 1.807) is 0 Å². The highest BCUT2D eigenvalue weighted by Crippen LogP contribution is 2.53. The van der Waals surface area contributed by atoms with Crippen LogP contribution in [0.1, 0.15) is 83.3 Å². The van der Waals surface area contributed by atoms with Crippen LogP contribution in [0.2, 0.25) is 0 Å². The van der Waals surface area contributed by atoms with Gasteiger partial charge in [-0.3, -0.25) is 0 Å². The fourth-order valence-electron chi connectivity index (χ4n) is 12.1. The molecular weight excluding hydrogens is 945 g/mol. The lowest BCUT2D eigenvalue weighted by Crippen LogP contribution is -2.17. The van der Waals surface area contributed by atoms with Crippen molar-refractivity contribution in [1.82, 2.24) is 0 Å². The van der Waals surface area contributed by atoms with E-state index in [-0.39, 0.29) is 10.8 Å². The average molecular weight is 999 g/mol. The summed E-state index contributed by atoms with van der Waals surface area (Å²) in [7, 11) is 0. The molecule has 0 unspecified atom stereocenters. The van der Waals surface area contributed by atoms with Crippen molar-refractivity contribution < 1.29 is 0 Å². The molecule has 0 radical (unpaired) electrons. The average Bonchev–Trinajstić information content (AvgIpc) is 4.02. The Bertz CT molecular complexity index is 4040. The highest BCUT2D eigenvalue weighted by atomic mass is 15.1. The molecule has 0 bridgehead atoms. The van der Waals surface area contributed by atoms with Gasteiger partial charge >= 0.3 is 0 Å². The first-order chi connectivity index (χ1) is 38.0. The maximum absolute atomic E-state index is 9.61. The van der Waals surface area contributed by atoms with Crippen LogP contribution in [0.15, 0.2) is 231 Å². The van der Waals surface area contributed by atoms with Crippen LogP contribution in [-0.4, -0.2) is 0 Å². The van der Waals surface area contributed by atoms with Crippen LogP contribution in [-0.2, 0) is 10.8 Å². The number of rotatable bonds is 10. The van der Waals surface area contributed by atoms with Gasteiger partial charge in [0.25, 0.3) is 0 Å². The lowest BCUT2D eigenvalue weighted by Gasteiger charge is -2.29. The highest BCUT2D eigenvalue weighted by molar-refractivity contribution is 6.01. The Labute approximate surface area is 457 Å². The third-order valence-electron chi connectivity index (χ3n) is 16.3. The number of benzene rings is 11. The van der Waals surface area contributed by atoms with Gasteiger partial charge in [-0.15, -0.1) is 0 Å². The summed E-state index contributed by atoms with van der Waals surface area (Å²) in [5.41, 5.74) is 22.1. The Morgan fingerprint density at radius 3 is 1.04 bits per heavy atom. The van der Waals surface area contributed by atoms with Crippen LogP contribution in [0.5, 0.6) is 0 Å². The SMILES string of the molecule is CC1(C)c2cc(/C=C/c3ccc(/C=C/c4ccc5c(c4)C(C)(C)c4cc(N(c6ccc(C#N)cc6)c6cccc7ccccc67)ccc4-5)cc3)ccc2-c2ccc(N(c3ccc(C#N)cc3)c3cccc4ccccc34)cc21. The zero-order valence-electron chi connectivity index (χ0n) is 44.0. The number of hydrogen-bond donors (Lipinski definition) is 0. The summed E-state index contributed by atoms with van der Waals surface area (Å²) in [4.78, 5) is 4.64. The number of anilines is 6. The van der Waals surface area contributed by atoms with E-state index in [4.69, 9.17) is 0 Å². The van der Waals surface area contributed by atoms with E-state index in [2.05, 4.69) is 256 Å². The largest absolute Gasteiger partial charge is 0.310 e. The minimum Gasteiger partial charge on any atom is -0.310 e. The monoisotopic (exact) mass is 998 g/mol. The minimum absolute atomic E-state index is 0.232. The molecule has 2 aliphatic rings. The van der Waals surface area contributed by atoms with Crippen LogP contribution in [0.25, 0.3) is 68.1 Å². The molecule has 0 spiro atoms. The molecular formula is C74H54N4. The van der Waals surface area contributed by atoms with E-state index < -0.39 is 0 Å². The first-order valence-corrected chi connectivity index (χ1v) is 26.7. The summed E-state index contributed by atoms with van der Waals surface area (Å²) in [5.74, 6) is 0. The Morgan fingerprint density at radius 2 is 0.641 bits per heavy atom. The molecule has 4 nitrogen and oxygen atoms in total. The lowest BCUT2D eigenvalue weighted by atomic mass is 9.81. The fourth-order valence-corrected chi connectivity index (χ4v) is 12.1. The van der Waals surface area contributed by atoms with E-state index >= 15 is 0 Å². The molecule has 0 heterocycles. The zero-order valence-corrected chi connectivity index (χ0v) is 44.0. The second-order valence-corrected chi connectivity index (χ2v) is 21.6. The molecule has 2 aliphatic carbocycles. The van der Waals surface area contributed by atoms with E-state index in [0.29, 0.717) is 11.1 Å². The van der Waals surface area contributed by atoms with Crippen LogP contribution in [0.3, 0.4) is 0 Å². The topological polar surface area (TPSA) is 54.1 Å². The van der Waals surface area contributed by atoms with Gasteiger partial charge in [0.05, 0.1) is 34.6 Å². The molecule has 4 heteroatoms. The second-order valence-electron chi connectivity index (χ2n) is 21.6. The summed E-state index contributed by atoms with van der Waals surface area (Å²) in [6.07, 6.45) is 8.87. The second kappa shape index (κ2) is 19.0. The molecule has 0 aliphatic heterocycles. The Kier molecular flexibility index (Phi) is 11.6. The van der Waals surface area contributed by atoms with Gasteiger partial charge in [-0.1, -0.05) is 198 Å². The van der Waals surface area contributed by atoms with Crippen LogP contribution in [0, 0.1) is 22.7 Å². The van der Waals surface area contributed by atoms with Crippen molar-refractivity contribution in [2.45, 2.75) is 38.5 Å². The van der Waals surface area contributed by atoms with Crippen molar-refractivity contribution in [3.8, 4) is 34.4 Å². The summed E-state index contributed by atoms with van der Waals surface area (Å²) < 4.78 is 0. The predicted octanol–water partition coefficient (Wildman–Crippen LogP) is 19.6. The highest BCUT2D eigenvalue weighted by Gasteiger charge is 2.38. The third kappa shape index (κ3) is 8.24. The Morgan fingerprint density at radius 1 is 0.321 bits per heavy atom. The molecule has 0 fully saturated rings. The van der Waals surface area contributed by atoms with Crippen LogP contribution < -0.4 is 9.80 Å². The summed E-state index contributed by atoms with van der Waals surface area (Å²) in [6.45, 7) is 9.36. The van der Waals surface area contributed by atoms with E-state index in [9.17, 15) is 10.5 Å². The van der Waals surface area contributed by atoms with E-state index in [0.717, 1.165) is 45.3 Å². The first-order valence-electron chi connectivity index (χ1n) is 26.7. The van der Waals surface area contributed by atoms with Crippen molar-refractivity contribution in [2.75, 3.05) is 9.80 Å². The number of nitrogens with zero attached hydrogens (tertiary/aromatic N) is 4. The molecule has 13 rings (SSSR count). The molecule has 0 saturated carbocycles. The lowest BCUT2D eigenvalue weighted by molar-refractivity contribution is 0.660. The smallest absolute Gasteiger partial charge is 0.0991 e. The van der Waals surface area contributed by atoms with Crippen molar-refractivity contribution in [1.29, 1.82) is 10.5 Å². The van der Waals surface area contributed by atoms with Crippen molar-refractivity contribution in [3.05, 3.63) is 286 Å². The summed E-state index contributed by atoms with van der Waals surface area (Å²) >= 11 is 0. The summed E-state index contributed by atoms with van der Waals surface area (Å²) in [5, 5.41) is 23.9. The predicted molar refractivity (Wildman–Crippen MR) is 326 cm³/mol. The molecule has 370 valence electrons. The van der Waals surface area contributed by atoms with Crippen molar-refractivity contribution in [3.63, 3.8) is 0 Å². The normalized spacial score (nSPS) is 13.5. The molecule has 0 amide bonds. The molecule has 0 aromatic heterocycles. The number of nitriles is 2. The molecule has 78 heavy (non-hydrogen) atoms. The molecule has 0 saturated heterocycles. The molecule has 0 atom stereocenters. The van der Waals surface area contributed by atoms with Crippen molar-refractivity contribution >= 4 is 80.0 Å². The van der Waals surface area contributed by atoms with E-state index in [1.807, 2.05) is 48.5 Å². The first kappa shape index (κ1) is 47.7.